The molecule has 61 heavy (non-hydrogen) atoms. The normalized spacial score (nSPS) is 15.1. The molecule has 294 valence electrons. The molecular weight excluding hydrogens is 757 g/mol. The fraction of sp³-hybridized carbons (Fsp3) is 0.138. The molecule has 3 aliphatic rings. The van der Waals surface area contributed by atoms with Crippen molar-refractivity contribution in [1.82, 2.24) is 0 Å². The second-order valence-electron chi connectivity index (χ2n) is 17.0. The first-order chi connectivity index (χ1) is 30.2. The van der Waals surface area contributed by atoms with Crippen LogP contribution in [0.4, 0.5) is 28.4 Å². The molecule has 0 unspecified atom stereocenters. The van der Waals surface area contributed by atoms with Crippen molar-refractivity contribution in [1.29, 1.82) is 0 Å². The Bertz CT molecular complexity index is 3090. The third-order valence-corrected chi connectivity index (χ3v) is 14.9. The highest BCUT2D eigenvalue weighted by atomic mass is 32.2. The summed E-state index contributed by atoms with van der Waals surface area (Å²) in [5.41, 5.74) is 16.9. The molecule has 0 amide bonds. The third kappa shape index (κ3) is 6.01. The monoisotopic (exact) mass is 802 g/mol. The number of nitrogens with zero attached hydrogens (tertiary/aromatic N) is 2. The molecule has 2 nitrogen and oxygen atoms in total. The Labute approximate surface area is 363 Å². The Balaban J connectivity index is 1.15. The summed E-state index contributed by atoms with van der Waals surface area (Å²) in [5, 5.41) is 5.06. The van der Waals surface area contributed by atoms with Gasteiger partial charge in [0, 0.05) is 45.2 Å². The molecule has 0 radical (unpaired) electrons. The minimum atomic E-state index is 0.00878. The van der Waals surface area contributed by atoms with Crippen LogP contribution in [0.25, 0.3) is 54.9 Å². The molecule has 1 aliphatic heterocycles. The summed E-state index contributed by atoms with van der Waals surface area (Å²) in [6.07, 6.45) is 6.19. The Morgan fingerprint density at radius 1 is 0.459 bits per heavy atom. The lowest BCUT2D eigenvalue weighted by Crippen LogP contribution is -2.28. The number of thioether (sulfide) groups is 1. The van der Waals surface area contributed by atoms with E-state index in [4.69, 9.17) is 0 Å². The van der Waals surface area contributed by atoms with Crippen LogP contribution in [-0.4, -0.2) is 12.3 Å². The van der Waals surface area contributed by atoms with Crippen LogP contribution in [0.15, 0.2) is 199 Å². The highest BCUT2D eigenvalue weighted by Gasteiger charge is 2.44. The maximum Gasteiger partial charge on any atom is 0.0555 e. The van der Waals surface area contributed by atoms with Crippen molar-refractivity contribution in [2.24, 2.45) is 0 Å². The van der Waals surface area contributed by atoms with Crippen molar-refractivity contribution < 1.29 is 0 Å². The van der Waals surface area contributed by atoms with Crippen molar-refractivity contribution in [3.63, 3.8) is 0 Å². The van der Waals surface area contributed by atoms with Crippen molar-refractivity contribution in [2.75, 3.05) is 22.1 Å². The zero-order valence-corrected chi connectivity index (χ0v) is 35.0. The number of hydrogen-bond acceptors (Lipinski definition) is 3. The maximum absolute atomic E-state index is 2.64. The van der Waals surface area contributed by atoms with E-state index in [-0.39, 0.29) is 5.41 Å². The summed E-state index contributed by atoms with van der Waals surface area (Å²) >= 11 is 2.00. The Kier molecular flexibility index (Phi) is 8.85. The molecule has 0 N–H and O–H groups in total. The molecule has 3 heteroatoms. The molecule has 2 aliphatic carbocycles. The predicted octanol–water partition coefficient (Wildman–Crippen LogP) is 16.3. The summed E-state index contributed by atoms with van der Waals surface area (Å²) < 4.78 is 0. The standard InChI is InChI=1S/C58H46N2S/c1-4-15-40(16-5-1)41-27-30-45(31-28-41)60(46-32-29-43-26-25-42-17-8-9-20-47(42)50(43)37-46)56-39-54-51(48-21-10-11-23-53(48)58(54)33-12-3-13-34-58)38-52(56)49-22-14-24-55-57(49)61-36-35-59(55)44-18-6-2-7-19-44/h1-2,4-11,14-32,37-39H,3,12-13,33-36H2. The van der Waals surface area contributed by atoms with E-state index < -0.39 is 0 Å². The van der Waals surface area contributed by atoms with Crippen LogP contribution < -0.4 is 9.80 Å². The largest absolute Gasteiger partial charge is 0.340 e. The van der Waals surface area contributed by atoms with E-state index in [0.717, 1.165) is 23.7 Å². The summed E-state index contributed by atoms with van der Waals surface area (Å²) in [7, 11) is 0. The zero-order valence-electron chi connectivity index (χ0n) is 34.2. The van der Waals surface area contributed by atoms with Gasteiger partial charge in [0.15, 0.2) is 0 Å². The second-order valence-corrected chi connectivity index (χ2v) is 18.1. The average Bonchev–Trinajstić information content (AvgIpc) is 3.59. The summed E-state index contributed by atoms with van der Waals surface area (Å²) in [6.45, 7) is 0.975. The molecule has 0 atom stereocenters. The van der Waals surface area contributed by atoms with Crippen LogP contribution in [0, 0.1) is 0 Å². The summed E-state index contributed by atoms with van der Waals surface area (Å²) in [5.74, 6) is 1.02. The maximum atomic E-state index is 2.64. The zero-order chi connectivity index (χ0) is 40.3. The molecule has 1 saturated carbocycles. The molecule has 1 heterocycles. The van der Waals surface area contributed by atoms with Gasteiger partial charge in [-0.2, -0.15) is 0 Å². The lowest BCUT2D eigenvalue weighted by molar-refractivity contribution is 0.353. The fourth-order valence-electron chi connectivity index (χ4n) is 10.9. The highest BCUT2D eigenvalue weighted by Crippen LogP contribution is 2.59. The van der Waals surface area contributed by atoms with Gasteiger partial charge in [-0.05, 0) is 128 Å². The van der Waals surface area contributed by atoms with E-state index in [2.05, 4.69) is 204 Å². The van der Waals surface area contributed by atoms with E-state index in [1.807, 2.05) is 11.8 Å². The molecule has 12 rings (SSSR count). The van der Waals surface area contributed by atoms with Gasteiger partial charge >= 0.3 is 0 Å². The Hall–Kier alpha value is -6.55. The van der Waals surface area contributed by atoms with E-state index in [1.165, 1.54) is 120 Å². The Morgan fingerprint density at radius 3 is 1.97 bits per heavy atom. The third-order valence-electron chi connectivity index (χ3n) is 13.8. The number of benzene rings is 9. The van der Waals surface area contributed by atoms with E-state index in [1.54, 1.807) is 0 Å². The van der Waals surface area contributed by atoms with Gasteiger partial charge in [0.05, 0.1) is 11.4 Å². The quantitative estimate of drug-likeness (QED) is 0.155. The number of anilines is 5. The summed E-state index contributed by atoms with van der Waals surface area (Å²) in [6, 6.07) is 73.0. The number of rotatable bonds is 6. The van der Waals surface area contributed by atoms with E-state index in [9.17, 15) is 0 Å². The van der Waals surface area contributed by atoms with Gasteiger partial charge in [-0.3, -0.25) is 0 Å². The number of para-hydroxylation sites is 1. The Morgan fingerprint density at radius 2 is 1.13 bits per heavy atom. The van der Waals surface area contributed by atoms with Crippen LogP contribution in [-0.2, 0) is 5.41 Å². The molecule has 0 bridgehead atoms. The van der Waals surface area contributed by atoms with Gasteiger partial charge in [-0.25, -0.2) is 0 Å². The average molecular weight is 803 g/mol. The minimum Gasteiger partial charge on any atom is -0.340 e. The lowest BCUT2D eigenvalue weighted by atomic mass is 9.67. The molecular formula is C58H46N2S. The molecule has 1 spiro atoms. The van der Waals surface area contributed by atoms with Crippen LogP contribution >= 0.6 is 11.8 Å². The van der Waals surface area contributed by atoms with Crippen molar-refractivity contribution in [2.45, 2.75) is 42.4 Å². The fourth-order valence-corrected chi connectivity index (χ4v) is 12.0. The first-order valence-electron chi connectivity index (χ1n) is 22.0. The molecule has 9 aromatic carbocycles. The van der Waals surface area contributed by atoms with Crippen LogP contribution in [0.3, 0.4) is 0 Å². The van der Waals surface area contributed by atoms with Gasteiger partial charge in [0.1, 0.15) is 0 Å². The topological polar surface area (TPSA) is 6.48 Å². The van der Waals surface area contributed by atoms with Crippen LogP contribution in [0.2, 0.25) is 0 Å². The predicted molar refractivity (Wildman–Crippen MR) is 260 cm³/mol. The molecule has 9 aromatic rings. The van der Waals surface area contributed by atoms with Crippen molar-refractivity contribution in [3.8, 4) is 33.4 Å². The van der Waals surface area contributed by atoms with Crippen molar-refractivity contribution >= 4 is 61.7 Å². The van der Waals surface area contributed by atoms with Crippen molar-refractivity contribution in [3.05, 3.63) is 205 Å². The van der Waals surface area contributed by atoms with Gasteiger partial charge in [-0.15, -0.1) is 11.8 Å². The van der Waals surface area contributed by atoms with Crippen LogP contribution in [0.5, 0.6) is 0 Å². The summed E-state index contributed by atoms with van der Waals surface area (Å²) in [4.78, 5) is 6.44. The molecule has 1 fully saturated rings. The van der Waals surface area contributed by atoms with Gasteiger partial charge in [0.2, 0.25) is 0 Å². The van der Waals surface area contributed by atoms with Gasteiger partial charge in [-0.1, -0.05) is 159 Å². The smallest absolute Gasteiger partial charge is 0.0555 e. The first-order valence-corrected chi connectivity index (χ1v) is 23.0. The SMILES string of the molecule is c1ccc(-c2ccc(N(c3ccc4ccc5ccccc5c4c3)c3cc4c(cc3-c3cccc5c3SCCN5c3ccccc3)-c3ccccc3C43CCCCC3)cc2)cc1. The minimum absolute atomic E-state index is 0.00878. The molecule has 0 saturated heterocycles. The van der Waals surface area contributed by atoms with E-state index >= 15 is 0 Å². The highest BCUT2D eigenvalue weighted by molar-refractivity contribution is 7.99. The molecule has 0 aromatic heterocycles. The lowest BCUT2D eigenvalue weighted by Gasteiger charge is -2.37. The van der Waals surface area contributed by atoms with Crippen LogP contribution in [0.1, 0.15) is 43.2 Å². The number of fused-ring (bicyclic) bond motifs is 9. The van der Waals surface area contributed by atoms with Gasteiger partial charge in [0.25, 0.3) is 0 Å². The first kappa shape index (κ1) is 36.3. The van der Waals surface area contributed by atoms with E-state index in [0.29, 0.717) is 0 Å². The van der Waals surface area contributed by atoms with Gasteiger partial charge < -0.3 is 9.80 Å². The number of hydrogen-bond donors (Lipinski definition) is 0. The second kappa shape index (κ2) is 14.9.